The van der Waals surface area contributed by atoms with E-state index < -0.39 is 26.0 Å². The van der Waals surface area contributed by atoms with E-state index in [2.05, 4.69) is 33.9 Å². The summed E-state index contributed by atoms with van der Waals surface area (Å²) in [6.45, 7) is 10.6. The fraction of sp³-hybridized carbons (Fsp3) is 0.562. The first-order chi connectivity index (χ1) is 9.94. The van der Waals surface area contributed by atoms with E-state index >= 15 is 0 Å². The molecule has 0 heterocycles. The maximum atomic E-state index is 13.2. The van der Waals surface area contributed by atoms with Crippen molar-refractivity contribution >= 4 is 25.9 Å². The first kappa shape index (κ1) is 19.1. The fourth-order valence-corrected chi connectivity index (χ4v) is 2.95. The molecule has 0 aliphatic carbocycles. The Balaban J connectivity index is 2.79. The number of hydrogen-bond acceptors (Lipinski definition) is 2. The molecule has 0 spiro atoms. The number of hydrogen-bond donors (Lipinski definition) is 1. The SMILES string of the molecule is CC(C)(C)[Si](C)(C)OCC(Cc1ccc(F)c(Cl)c1)C(=O)O. The Kier molecular flexibility index (Phi) is 6.18. The zero-order valence-corrected chi connectivity index (χ0v) is 15.5. The summed E-state index contributed by atoms with van der Waals surface area (Å²) in [5.74, 6) is -2.09. The van der Waals surface area contributed by atoms with Crippen molar-refractivity contribution in [3.8, 4) is 0 Å². The minimum absolute atomic E-state index is 0.00644. The van der Waals surface area contributed by atoms with Crippen LogP contribution in [0.3, 0.4) is 0 Å². The molecule has 1 N–H and O–H groups in total. The molecule has 0 bridgehead atoms. The van der Waals surface area contributed by atoms with E-state index in [9.17, 15) is 14.3 Å². The van der Waals surface area contributed by atoms with Crippen molar-refractivity contribution in [2.75, 3.05) is 6.61 Å². The minimum Gasteiger partial charge on any atom is -0.481 e. The maximum Gasteiger partial charge on any atom is 0.309 e. The number of halogens is 2. The molecule has 124 valence electrons. The zero-order valence-electron chi connectivity index (χ0n) is 13.7. The van der Waals surface area contributed by atoms with Crippen molar-refractivity contribution in [2.45, 2.75) is 45.3 Å². The third-order valence-corrected chi connectivity index (χ3v) is 9.06. The average molecular weight is 347 g/mol. The Morgan fingerprint density at radius 3 is 2.45 bits per heavy atom. The second-order valence-corrected chi connectivity index (χ2v) is 12.3. The highest BCUT2D eigenvalue weighted by Crippen LogP contribution is 2.37. The molecule has 22 heavy (non-hydrogen) atoms. The van der Waals surface area contributed by atoms with Gasteiger partial charge in [-0.3, -0.25) is 4.79 Å². The number of rotatable bonds is 6. The van der Waals surface area contributed by atoms with E-state index in [0.29, 0.717) is 5.56 Å². The largest absolute Gasteiger partial charge is 0.481 e. The Hall–Kier alpha value is -0.913. The van der Waals surface area contributed by atoms with Crippen LogP contribution in [0, 0.1) is 11.7 Å². The predicted octanol–water partition coefficient (Wildman–Crippen LogP) is 4.74. The normalized spacial score (nSPS) is 14.0. The Labute approximate surface area is 137 Å². The van der Waals surface area contributed by atoms with Crippen LogP contribution in [0.25, 0.3) is 0 Å². The molecule has 1 unspecified atom stereocenters. The van der Waals surface area contributed by atoms with Crippen molar-refractivity contribution < 1.29 is 18.7 Å². The van der Waals surface area contributed by atoms with Crippen LogP contribution in [0.15, 0.2) is 18.2 Å². The van der Waals surface area contributed by atoms with E-state index in [1.165, 1.54) is 12.1 Å². The fourth-order valence-electron chi connectivity index (χ4n) is 1.69. The van der Waals surface area contributed by atoms with Crippen LogP contribution in [0.4, 0.5) is 4.39 Å². The molecule has 0 radical (unpaired) electrons. The van der Waals surface area contributed by atoms with Crippen molar-refractivity contribution in [1.29, 1.82) is 0 Å². The van der Waals surface area contributed by atoms with Gasteiger partial charge in [0, 0.05) is 6.61 Å². The average Bonchev–Trinajstić information content (AvgIpc) is 2.37. The van der Waals surface area contributed by atoms with Crippen LogP contribution < -0.4 is 0 Å². The standard InChI is InChI=1S/C16H24ClFO3Si/c1-16(2,3)22(4,5)21-10-12(15(19)20)8-11-6-7-14(18)13(17)9-11/h6-7,9,12H,8,10H2,1-5H3,(H,19,20). The number of carboxylic acid groups (broad SMARTS) is 1. The smallest absolute Gasteiger partial charge is 0.309 e. The van der Waals surface area contributed by atoms with Gasteiger partial charge in [0.1, 0.15) is 5.82 Å². The second kappa shape index (κ2) is 7.11. The Bertz CT molecular complexity index is 541. The van der Waals surface area contributed by atoms with Crippen LogP contribution in [-0.2, 0) is 15.6 Å². The first-order valence-corrected chi connectivity index (χ1v) is 10.5. The number of aliphatic carboxylic acids is 1. The molecular formula is C16H24ClFO3Si. The van der Waals surface area contributed by atoms with E-state index in [-0.39, 0.29) is 23.1 Å². The van der Waals surface area contributed by atoms with Crippen LogP contribution in [0.1, 0.15) is 26.3 Å². The molecule has 6 heteroatoms. The highest BCUT2D eigenvalue weighted by molar-refractivity contribution is 6.74. The van der Waals surface area contributed by atoms with Crippen LogP contribution in [0.2, 0.25) is 23.2 Å². The van der Waals surface area contributed by atoms with Gasteiger partial charge < -0.3 is 9.53 Å². The van der Waals surface area contributed by atoms with E-state index in [1.54, 1.807) is 6.07 Å². The second-order valence-electron chi connectivity index (χ2n) is 7.06. The highest BCUT2D eigenvalue weighted by atomic mass is 35.5. The molecule has 0 saturated heterocycles. The van der Waals surface area contributed by atoms with Gasteiger partial charge in [-0.2, -0.15) is 0 Å². The molecule has 0 aliphatic heterocycles. The molecule has 3 nitrogen and oxygen atoms in total. The summed E-state index contributed by atoms with van der Waals surface area (Å²) in [5, 5.41) is 9.42. The third kappa shape index (κ3) is 5.07. The monoisotopic (exact) mass is 346 g/mol. The minimum atomic E-state index is -2.00. The Morgan fingerprint density at radius 2 is 2.00 bits per heavy atom. The summed E-state index contributed by atoms with van der Waals surface area (Å²) in [5.41, 5.74) is 0.692. The lowest BCUT2D eigenvalue weighted by molar-refractivity contribution is -0.142. The van der Waals surface area contributed by atoms with Gasteiger partial charge in [-0.25, -0.2) is 4.39 Å². The molecule has 1 aromatic carbocycles. The summed E-state index contributed by atoms with van der Waals surface area (Å²) in [6.07, 6.45) is 0.268. The van der Waals surface area contributed by atoms with Crippen molar-refractivity contribution in [2.24, 2.45) is 5.92 Å². The van der Waals surface area contributed by atoms with Gasteiger partial charge in [0.15, 0.2) is 8.32 Å². The van der Waals surface area contributed by atoms with Gasteiger partial charge in [0.25, 0.3) is 0 Å². The first-order valence-electron chi connectivity index (χ1n) is 7.25. The third-order valence-electron chi connectivity index (χ3n) is 4.27. The molecular weight excluding hydrogens is 323 g/mol. The van der Waals surface area contributed by atoms with Gasteiger partial charge in [0.2, 0.25) is 0 Å². The topological polar surface area (TPSA) is 46.5 Å². The molecule has 0 aliphatic rings. The van der Waals surface area contributed by atoms with Crippen molar-refractivity contribution in [3.63, 3.8) is 0 Å². The van der Waals surface area contributed by atoms with Crippen molar-refractivity contribution in [3.05, 3.63) is 34.6 Å². The number of carboxylic acids is 1. The number of benzene rings is 1. The van der Waals surface area contributed by atoms with Crippen molar-refractivity contribution in [1.82, 2.24) is 0 Å². The van der Waals surface area contributed by atoms with E-state index in [1.807, 2.05) is 0 Å². The Morgan fingerprint density at radius 1 is 1.41 bits per heavy atom. The van der Waals surface area contributed by atoms with E-state index in [0.717, 1.165) is 0 Å². The summed E-state index contributed by atoms with van der Waals surface area (Å²) in [4.78, 5) is 11.5. The molecule has 1 aromatic rings. The maximum absolute atomic E-state index is 13.2. The van der Waals surface area contributed by atoms with E-state index in [4.69, 9.17) is 16.0 Å². The predicted molar refractivity (Wildman–Crippen MR) is 89.4 cm³/mol. The van der Waals surface area contributed by atoms with Crippen LogP contribution in [-0.4, -0.2) is 26.0 Å². The molecule has 0 aromatic heterocycles. The summed E-state index contributed by atoms with van der Waals surface area (Å²) in [6, 6.07) is 4.29. The van der Waals surface area contributed by atoms with Crippen LogP contribution >= 0.6 is 11.6 Å². The molecule has 0 saturated carbocycles. The summed E-state index contributed by atoms with van der Waals surface area (Å²) >= 11 is 5.74. The summed E-state index contributed by atoms with van der Waals surface area (Å²) in [7, 11) is -2.00. The zero-order chi connectivity index (χ0) is 17.1. The quantitative estimate of drug-likeness (QED) is 0.756. The molecule has 0 fully saturated rings. The molecule has 1 atom stereocenters. The highest BCUT2D eigenvalue weighted by Gasteiger charge is 2.38. The van der Waals surface area contributed by atoms with Gasteiger partial charge >= 0.3 is 5.97 Å². The van der Waals surface area contributed by atoms with Crippen LogP contribution in [0.5, 0.6) is 0 Å². The van der Waals surface area contributed by atoms with Gasteiger partial charge in [0.05, 0.1) is 10.9 Å². The number of carbonyl (C=O) groups is 1. The van der Waals surface area contributed by atoms with Gasteiger partial charge in [-0.1, -0.05) is 38.4 Å². The lowest BCUT2D eigenvalue weighted by Crippen LogP contribution is -2.42. The van der Waals surface area contributed by atoms with Gasteiger partial charge in [-0.05, 0) is 42.2 Å². The lowest BCUT2D eigenvalue weighted by Gasteiger charge is -2.36. The lowest BCUT2D eigenvalue weighted by atomic mass is 10.0. The molecule has 0 amide bonds. The molecule has 1 rings (SSSR count). The summed E-state index contributed by atoms with van der Waals surface area (Å²) < 4.78 is 19.2. The van der Waals surface area contributed by atoms with Gasteiger partial charge in [-0.15, -0.1) is 0 Å².